The van der Waals surface area contributed by atoms with Crippen molar-refractivity contribution in [3.8, 4) is 0 Å². The number of nitrogens with two attached hydrogens (primary N) is 1. The van der Waals surface area contributed by atoms with Gasteiger partial charge in [0.05, 0.1) is 12.0 Å². The van der Waals surface area contributed by atoms with Crippen molar-refractivity contribution in [2.24, 2.45) is 17.6 Å². The lowest BCUT2D eigenvalue weighted by Crippen LogP contribution is -2.28. The van der Waals surface area contributed by atoms with Crippen molar-refractivity contribution in [3.05, 3.63) is 0 Å². The van der Waals surface area contributed by atoms with Crippen LogP contribution in [0.15, 0.2) is 0 Å². The van der Waals surface area contributed by atoms with Gasteiger partial charge in [0.1, 0.15) is 0 Å². The maximum atomic E-state index is 11.5. The Balaban J connectivity index is 3.91. The Morgan fingerprint density at radius 1 is 1.36 bits per heavy atom. The first-order chi connectivity index (χ1) is 6.51. The van der Waals surface area contributed by atoms with Crippen molar-refractivity contribution in [1.82, 2.24) is 0 Å². The van der Waals surface area contributed by atoms with Gasteiger partial charge in [-0.3, -0.25) is 4.79 Å². The van der Waals surface area contributed by atoms with Crippen molar-refractivity contribution >= 4 is 5.97 Å². The van der Waals surface area contributed by atoms with Crippen LogP contribution in [0.1, 0.15) is 40.5 Å². The summed E-state index contributed by atoms with van der Waals surface area (Å²) in [5.41, 5.74) is 5.46. The lowest BCUT2D eigenvalue weighted by molar-refractivity contribution is -0.153. The maximum Gasteiger partial charge on any atom is 0.310 e. The molecule has 2 atom stereocenters. The third-order valence-corrected chi connectivity index (χ3v) is 2.23. The quantitative estimate of drug-likeness (QED) is 0.668. The van der Waals surface area contributed by atoms with Gasteiger partial charge in [-0.05, 0) is 25.7 Å². The molecule has 0 aliphatic rings. The van der Waals surface area contributed by atoms with E-state index in [1.807, 2.05) is 13.8 Å². The van der Waals surface area contributed by atoms with Crippen LogP contribution < -0.4 is 5.73 Å². The fourth-order valence-corrected chi connectivity index (χ4v) is 1.44. The topological polar surface area (TPSA) is 52.3 Å². The molecule has 0 aromatic heterocycles. The number of rotatable bonds is 6. The summed E-state index contributed by atoms with van der Waals surface area (Å²) in [6, 6.07) is 0. The third kappa shape index (κ3) is 5.22. The van der Waals surface area contributed by atoms with Crippen LogP contribution in [0.2, 0.25) is 0 Å². The maximum absolute atomic E-state index is 11.5. The molecule has 0 aromatic carbocycles. The Morgan fingerprint density at radius 3 is 2.29 bits per heavy atom. The molecule has 0 radical (unpaired) electrons. The molecule has 2 N–H and O–H groups in total. The Bertz CT molecular complexity index is 165. The molecule has 0 spiro atoms. The zero-order valence-corrected chi connectivity index (χ0v) is 9.75. The summed E-state index contributed by atoms with van der Waals surface area (Å²) < 4.78 is 5.29. The average Bonchev–Trinajstić information content (AvgIpc) is 2.04. The molecule has 0 rings (SSSR count). The fourth-order valence-electron chi connectivity index (χ4n) is 1.44. The molecule has 3 heteroatoms. The van der Waals surface area contributed by atoms with Gasteiger partial charge >= 0.3 is 5.97 Å². The van der Waals surface area contributed by atoms with E-state index >= 15 is 0 Å². The highest BCUT2D eigenvalue weighted by Gasteiger charge is 2.18. The van der Waals surface area contributed by atoms with E-state index in [4.69, 9.17) is 10.5 Å². The summed E-state index contributed by atoms with van der Waals surface area (Å²) in [6.07, 6.45) is 1.67. The second-order valence-electron chi connectivity index (χ2n) is 4.22. The van der Waals surface area contributed by atoms with Gasteiger partial charge in [-0.1, -0.05) is 20.8 Å². The van der Waals surface area contributed by atoms with E-state index in [1.54, 1.807) is 0 Å². The van der Waals surface area contributed by atoms with Crippen LogP contribution in [0.3, 0.4) is 0 Å². The van der Waals surface area contributed by atoms with Gasteiger partial charge in [-0.25, -0.2) is 0 Å². The molecule has 0 bridgehead atoms. The summed E-state index contributed by atoms with van der Waals surface area (Å²) in [5, 5.41) is 0. The third-order valence-electron chi connectivity index (χ3n) is 2.23. The summed E-state index contributed by atoms with van der Waals surface area (Å²) in [4.78, 5) is 11.5. The largest absolute Gasteiger partial charge is 0.462 e. The number of hydrogen-bond acceptors (Lipinski definition) is 3. The lowest BCUT2D eigenvalue weighted by atomic mass is 10.1. The Kier molecular flexibility index (Phi) is 6.54. The lowest BCUT2D eigenvalue weighted by Gasteiger charge is -2.18. The highest BCUT2D eigenvalue weighted by Crippen LogP contribution is 2.11. The molecule has 3 nitrogen and oxygen atoms in total. The number of hydrogen-bond donors (Lipinski definition) is 1. The smallest absolute Gasteiger partial charge is 0.310 e. The molecule has 2 unspecified atom stereocenters. The van der Waals surface area contributed by atoms with Crippen LogP contribution in [0.4, 0.5) is 0 Å². The molecule has 0 saturated heterocycles. The van der Waals surface area contributed by atoms with E-state index in [0.29, 0.717) is 12.5 Å². The number of ether oxygens (including phenoxy) is 1. The molecule has 0 aliphatic carbocycles. The Morgan fingerprint density at radius 2 is 1.93 bits per heavy atom. The van der Waals surface area contributed by atoms with Gasteiger partial charge in [0.15, 0.2) is 0 Å². The highest BCUT2D eigenvalue weighted by molar-refractivity contribution is 5.72. The first kappa shape index (κ1) is 13.4. The van der Waals surface area contributed by atoms with Crippen molar-refractivity contribution in [2.75, 3.05) is 6.54 Å². The number of carbonyl (C=O) groups excluding carboxylic acids is 1. The molecule has 84 valence electrons. The zero-order chi connectivity index (χ0) is 11.1. The first-order valence-electron chi connectivity index (χ1n) is 5.41. The summed E-state index contributed by atoms with van der Waals surface area (Å²) >= 11 is 0. The minimum Gasteiger partial charge on any atom is -0.462 e. The van der Waals surface area contributed by atoms with E-state index < -0.39 is 0 Å². The van der Waals surface area contributed by atoms with Crippen LogP contribution in [-0.4, -0.2) is 18.6 Å². The SMILES string of the molecule is CCC(CN)C(=O)OC(C)CC(C)C. The van der Waals surface area contributed by atoms with Gasteiger partial charge in [0.2, 0.25) is 0 Å². The summed E-state index contributed by atoms with van der Waals surface area (Å²) in [5.74, 6) is 0.267. The van der Waals surface area contributed by atoms with Crippen molar-refractivity contribution in [2.45, 2.75) is 46.6 Å². The first-order valence-corrected chi connectivity index (χ1v) is 5.41. The number of carbonyl (C=O) groups is 1. The molecular weight excluding hydrogens is 178 g/mol. The van der Waals surface area contributed by atoms with Crippen LogP contribution in [0, 0.1) is 11.8 Å². The van der Waals surface area contributed by atoms with Gasteiger partial charge in [-0.2, -0.15) is 0 Å². The molecule has 0 saturated carbocycles. The second-order valence-corrected chi connectivity index (χ2v) is 4.22. The molecule has 14 heavy (non-hydrogen) atoms. The van der Waals surface area contributed by atoms with Gasteiger partial charge in [-0.15, -0.1) is 0 Å². The van der Waals surface area contributed by atoms with Gasteiger partial charge in [0, 0.05) is 6.54 Å². The van der Waals surface area contributed by atoms with Crippen LogP contribution in [-0.2, 0) is 9.53 Å². The molecular formula is C11H23NO2. The summed E-state index contributed by atoms with van der Waals surface area (Å²) in [6.45, 7) is 8.49. The van der Waals surface area contributed by atoms with Crippen molar-refractivity contribution in [1.29, 1.82) is 0 Å². The van der Waals surface area contributed by atoms with E-state index in [9.17, 15) is 4.79 Å². The monoisotopic (exact) mass is 201 g/mol. The van der Waals surface area contributed by atoms with E-state index in [0.717, 1.165) is 12.8 Å². The predicted octanol–water partition coefficient (Wildman–Crippen LogP) is 1.95. The van der Waals surface area contributed by atoms with Crippen LogP contribution in [0.25, 0.3) is 0 Å². The second kappa shape index (κ2) is 6.82. The predicted molar refractivity (Wildman–Crippen MR) is 57.8 cm³/mol. The van der Waals surface area contributed by atoms with Crippen molar-refractivity contribution < 1.29 is 9.53 Å². The highest BCUT2D eigenvalue weighted by atomic mass is 16.5. The minimum atomic E-state index is -0.150. The van der Waals surface area contributed by atoms with E-state index in [-0.39, 0.29) is 18.0 Å². The zero-order valence-electron chi connectivity index (χ0n) is 9.75. The van der Waals surface area contributed by atoms with Crippen LogP contribution in [0.5, 0.6) is 0 Å². The van der Waals surface area contributed by atoms with Gasteiger partial charge < -0.3 is 10.5 Å². The molecule has 0 aromatic rings. The molecule has 0 aliphatic heterocycles. The fraction of sp³-hybridized carbons (Fsp3) is 0.909. The normalized spacial score (nSPS) is 15.3. The van der Waals surface area contributed by atoms with E-state index in [2.05, 4.69) is 13.8 Å². The molecule has 0 amide bonds. The Labute approximate surface area is 87.0 Å². The number of esters is 1. The minimum absolute atomic E-state index is 0.00287. The summed E-state index contributed by atoms with van der Waals surface area (Å²) in [7, 11) is 0. The van der Waals surface area contributed by atoms with Crippen LogP contribution >= 0.6 is 0 Å². The average molecular weight is 201 g/mol. The Hall–Kier alpha value is -0.570. The standard InChI is InChI=1S/C11H23NO2/c1-5-10(7-12)11(13)14-9(4)6-8(2)3/h8-10H,5-7,12H2,1-4H3. The molecule has 0 fully saturated rings. The molecule has 0 heterocycles. The van der Waals surface area contributed by atoms with Gasteiger partial charge in [0.25, 0.3) is 0 Å². The van der Waals surface area contributed by atoms with E-state index in [1.165, 1.54) is 0 Å². The van der Waals surface area contributed by atoms with Crippen molar-refractivity contribution in [3.63, 3.8) is 0 Å².